The number of piperidine rings is 1. The third-order valence-electron chi connectivity index (χ3n) is 4.67. The van der Waals surface area contributed by atoms with Crippen LogP contribution in [0.1, 0.15) is 42.5 Å². The first-order valence-corrected chi connectivity index (χ1v) is 7.44. The molecular formula is C16H22N2O2. The van der Waals surface area contributed by atoms with Crippen molar-refractivity contribution in [3.05, 3.63) is 23.8 Å². The molecule has 3 rings (SSSR count). The van der Waals surface area contributed by atoms with Crippen molar-refractivity contribution in [2.45, 2.75) is 38.1 Å². The van der Waals surface area contributed by atoms with Gasteiger partial charge >= 0.3 is 0 Å². The number of nitrogen functional groups attached to an aromatic ring is 1. The summed E-state index contributed by atoms with van der Waals surface area (Å²) in [7, 11) is 1.59. The Kier molecular flexibility index (Phi) is 3.55. The maximum Gasteiger partial charge on any atom is 0.254 e. The van der Waals surface area contributed by atoms with E-state index in [0.717, 1.165) is 19.4 Å². The van der Waals surface area contributed by atoms with E-state index >= 15 is 0 Å². The lowest BCUT2D eigenvalue weighted by Crippen LogP contribution is -2.46. The number of anilines is 1. The smallest absolute Gasteiger partial charge is 0.254 e. The molecule has 108 valence electrons. The molecule has 1 aliphatic carbocycles. The number of nitrogens with zero attached hydrogens (tertiary/aromatic N) is 1. The molecule has 20 heavy (non-hydrogen) atoms. The van der Waals surface area contributed by atoms with E-state index in [4.69, 9.17) is 10.5 Å². The van der Waals surface area contributed by atoms with Crippen LogP contribution in [-0.4, -0.2) is 30.5 Å². The molecule has 1 heterocycles. The molecule has 2 unspecified atom stereocenters. The Morgan fingerprint density at radius 1 is 1.25 bits per heavy atom. The maximum absolute atomic E-state index is 12.8. The quantitative estimate of drug-likeness (QED) is 0.844. The number of likely N-dealkylation sites (tertiary alicyclic amines) is 1. The Labute approximate surface area is 119 Å². The molecule has 1 aromatic rings. The summed E-state index contributed by atoms with van der Waals surface area (Å²) in [6.45, 7) is 0.872. The Bertz CT molecular complexity index is 515. The third kappa shape index (κ3) is 2.35. The van der Waals surface area contributed by atoms with Crippen LogP contribution in [0.25, 0.3) is 0 Å². The zero-order valence-corrected chi connectivity index (χ0v) is 12.0. The molecular weight excluding hydrogens is 252 g/mol. The van der Waals surface area contributed by atoms with E-state index in [0.29, 0.717) is 29.0 Å². The van der Waals surface area contributed by atoms with E-state index in [9.17, 15) is 4.79 Å². The Hall–Kier alpha value is -1.71. The summed E-state index contributed by atoms with van der Waals surface area (Å²) < 4.78 is 5.21. The van der Waals surface area contributed by atoms with Gasteiger partial charge in [-0.1, -0.05) is 6.42 Å². The Morgan fingerprint density at radius 3 is 2.85 bits per heavy atom. The molecule has 1 saturated carbocycles. The number of rotatable bonds is 2. The number of carbonyl (C=O) groups is 1. The first-order valence-electron chi connectivity index (χ1n) is 7.44. The van der Waals surface area contributed by atoms with Crippen LogP contribution in [0.5, 0.6) is 5.75 Å². The van der Waals surface area contributed by atoms with Gasteiger partial charge in [0.1, 0.15) is 5.75 Å². The number of carbonyl (C=O) groups excluding carboxylic acids is 1. The van der Waals surface area contributed by atoms with Gasteiger partial charge in [0.25, 0.3) is 5.91 Å². The van der Waals surface area contributed by atoms with Crippen molar-refractivity contribution in [2.75, 3.05) is 19.4 Å². The average Bonchev–Trinajstić information content (AvgIpc) is 2.94. The van der Waals surface area contributed by atoms with Crippen LogP contribution >= 0.6 is 0 Å². The lowest BCUT2D eigenvalue weighted by atomic mass is 9.91. The van der Waals surface area contributed by atoms with Gasteiger partial charge in [-0.05, 0) is 43.7 Å². The lowest BCUT2D eigenvalue weighted by Gasteiger charge is -2.38. The summed E-state index contributed by atoms with van der Waals surface area (Å²) >= 11 is 0. The van der Waals surface area contributed by atoms with Gasteiger partial charge in [0.2, 0.25) is 0 Å². The van der Waals surface area contributed by atoms with Gasteiger partial charge in [0.05, 0.1) is 7.11 Å². The Balaban J connectivity index is 1.86. The normalized spacial score (nSPS) is 25.4. The second-order valence-electron chi connectivity index (χ2n) is 5.89. The fourth-order valence-electron chi connectivity index (χ4n) is 3.74. The van der Waals surface area contributed by atoms with Crippen molar-refractivity contribution in [2.24, 2.45) is 5.92 Å². The molecule has 1 aliphatic heterocycles. The largest absolute Gasteiger partial charge is 0.497 e. The van der Waals surface area contributed by atoms with Gasteiger partial charge in [-0.25, -0.2) is 0 Å². The average molecular weight is 274 g/mol. The number of benzene rings is 1. The summed E-state index contributed by atoms with van der Waals surface area (Å²) in [4.78, 5) is 14.8. The van der Waals surface area contributed by atoms with Crippen LogP contribution in [-0.2, 0) is 0 Å². The topological polar surface area (TPSA) is 55.6 Å². The van der Waals surface area contributed by atoms with E-state index in [1.807, 2.05) is 0 Å². The molecule has 0 spiro atoms. The van der Waals surface area contributed by atoms with Crippen molar-refractivity contribution in [1.82, 2.24) is 4.90 Å². The van der Waals surface area contributed by atoms with Gasteiger partial charge in [-0.2, -0.15) is 0 Å². The highest BCUT2D eigenvalue weighted by atomic mass is 16.5. The third-order valence-corrected chi connectivity index (χ3v) is 4.67. The molecule has 0 aromatic heterocycles. The van der Waals surface area contributed by atoms with Crippen LogP contribution in [0.15, 0.2) is 18.2 Å². The van der Waals surface area contributed by atoms with Crippen LogP contribution in [0.4, 0.5) is 5.69 Å². The molecule has 1 amide bonds. The molecule has 2 N–H and O–H groups in total. The first kappa shape index (κ1) is 13.3. The number of ether oxygens (including phenoxy) is 1. The van der Waals surface area contributed by atoms with Gasteiger partial charge in [0.15, 0.2) is 0 Å². The van der Waals surface area contributed by atoms with E-state index in [2.05, 4.69) is 4.90 Å². The number of nitrogens with two attached hydrogens (primary N) is 1. The van der Waals surface area contributed by atoms with Crippen LogP contribution in [0.2, 0.25) is 0 Å². The minimum absolute atomic E-state index is 0.104. The molecule has 2 aliphatic rings. The SMILES string of the molecule is COc1cc(N)cc(C(=O)N2CCCC3CCCC32)c1. The second-order valence-corrected chi connectivity index (χ2v) is 5.89. The van der Waals surface area contributed by atoms with Gasteiger partial charge in [0, 0.05) is 29.9 Å². The minimum atomic E-state index is 0.104. The van der Waals surface area contributed by atoms with Crippen LogP contribution in [0.3, 0.4) is 0 Å². The first-order chi connectivity index (χ1) is 9.69. The number of hydrogen-bond acceptors (Lipinski definition) is 3. The molecule has 1 saturated heterocycles. The minimum Gasteiger partial charge on any atom is -0.497 e. The molecule has 4 nitrogen and oxygen atoms in total. The van der Waals surface area contributed by atoms with Crippen molar-refractivity contribution < 1.29 is 9.53 Å². The fourth-order valence-corrected chi connectivity index (χ4v) is 3.74. The summed E-state index contributed by atoms with van der Waals surface area (Å²) in [5.74, 6) is 1.45. The summed E-state index contributed by atoms with van der Waals surface area (Å²) in [5.41, 5.74) is 7.08. The predicted octanol–water partition coefficient (Wildman–Crippen LogP) is 2.68. The van der Waals surface area contributed by atoms with E-state index < -0.39 is 0 Å². The summed E-state index contributed by atoms with van der Waals surface area (Å²) in [5, 5.41) is 0. The fraction of sp³-hybridized carbons (Fsp3) is 0.562. The lowest BCUT2D eigenvalue weighted by molar-refractivity contribution is 0.0548. The highest BCUT2D eigenvalue weighted by molar-refractivity contribution is 5.96. The molecule has 2 atom stereocenters. The van der Waals surface area contributed by atoms with Gasteiger partial charge in [-0.15, -0.1) is 0 Å². The maximum atomic E-state index is 12.8. The highest BCUT2D eigenvalue weighted by Gasteiger charge is 2.37. The number of amides is 1. The number of fused-ring (bicyclic) bond motifs is 1. The number of hydrogen-bond donors (Lipinski definition) is 1. The summed E-state index contributed by atoms with van der Waals surface area (Å²) in [6.07, 6.45) is 6.06. The molecule has 4 heteroatoms. The van der Waals surface area contributed by atoms with Crippen LogP contribution < -0.4 is 10.5 Å². The van der Waals surface area contributed by atoms with Crippen molar-refractivity contribution in [3.63, 3.8) is 0 Å². The van der Waals surface area contributed by atoms with Crippen molar-refractivity contribution >= 4 is 11.6 Å². The van der Waals surface area contributed by atoms with E-state index in [1.165, 1.54) is 19.3 Å². The standard InChI is InChI=1S/C16H22N2O2/c1-20-14-9-12(8-13(17)10-14)16(19)18-7-3-5-11-4-2-6-15(11)18/h8-11,15H,2-7,17H2,1H3. The molecule has 1 aromatic carbocycles. The second kappa shape index (κ2) is 5.35. The molecule has 0 radical (unpaired) electrons. The Morgan fingerprint density at radius 2 is 2.05 bits per heavy atom. The monoisotopic (exact) mass is 274 g/mol. The van der Waals surface area contributed by atoms with E-state index in [1.54, 1.807) is 25.3 Å². The zero-order valence-electron chi connectivity index (χ0n) is 12.0. The predicted molar refractivity (Wildman–Crippen MR) is 78.8 cm³/mol. The summed E-state index contributed by atoms with van der Waals surface area (Å²) in [6, 6.07) is 5.72. The highest BCUT2D eigenvalue weighted by Crippen LogP contribution is 2.37. The molecule has 2 fully saturated rings. The molecule has 0 bridgehead atoms. The number of methoxy groups -OCH3 is 1. The zero-order chi connectivity index (χ0) is 14.1. The van der Waals surface area contributed by atoms with Crippen molar-refractivity contribution in [3.8, 4) is 5.75 Å². The van der Waals surface area contributed by atoms with Gasteiger partial charge in [-0.3, -0.25) is 4.79 Å². The van der Waals surface area contributed by atoms with Crippen LogP contribution in [0, 0.1) is 5.92 Å². The van der Waals surface area contributed by atoms with Gasteiger partial charge < -0.3 is 15.4 Å². The van der Waals surface area contributed by atoms with E-state index in [-0.39, 0.29) is 5.91 Å². The van der Waals surface area contributed by atoms with Crippen molar-refractivity contribution in [1.29, 1.82) is 0 Å².